The number of hydrogen-bond acceptors (Lipinski definition) is 3. The van der Waals surface area contributed by atoms with Crippen LogP contribution in [0.3, 0.4) is 0 Å². The number of carbonyl (C=O) groups is 1. The molecule has 4 heteroatoms. The maximum Gasteiger partial charge on any atom is 0.258 e. The molecule has 0 heterocycles. The summed E-state index contributed by atoms with van der Waals surface area (Å²) in [6, 6.07) is 22.1. The van der Waals surface area contributed by atoms with Gasteiger partial charge >= 0.3 is 0 Å². The predicted molar refractivity (Wildman–Crippen MR) is 98.7 cm³/mol. The number of amides is 1. The number of ether oxygens (including phenoxy) is 1. The molecule has 0 aliphatic rings. The van der Waals surface area contributed by atoms with E-state index < -0.39 is 0 Å². The van der Waals surface area contributed by atoms with Gasteiger partial charge in [-0.3, -0.25) is 9.59 Å². The quantitative estimate of drug-likeness (QED) is 0.778. The summed E-state index contributed by atoms with van der Waals surface area (Å²) in [5.74, 6) is -0.106. The Bertz CT molecular complexity index is 952. The van der Waals surface area contributed by atoms with Gasteiger partial charge in [0.25, 0.3) is 5.91 Å². The Morgan fingerprint density at radius 1 is 0.960 bits per heavy atom. The highest BCUT2D eigenvalue weighted by Crippen LogP contribution is 2.20. The molecule has 0 aliphatic carbocycles. The molecule has 0 aliphatic heterocycles. The molecule has 25 heavy (non-hydrogen) atoms. The standard InChI is InChI=1S/C21H19NO3/c1-15(17-12-11-16-7-5-6-8-18(16)13-17)22-21(24)14-25-20-10-4-2-3-9-19(20)23/h2-13,15H,14H2,1H3,(H,22,24)/t15-/m1/s1. The van der Waals surface area contributed by atoms with Gasteiger partial charge in [0.05, 0.1) is 6.04 Å². The molecule has 0 saturated heterocycles. The molecule has 126 valence electrons. The Morgan fingerprint density at radius 2 is 1.68 bits per heavy atom. The molecule has 1 amide bonds. The van der Waals surface area contributed by atoms with Gasteiger partial charge in [-0.2, -0.15) is 0 Å². The van der Waals surface area contributed by atoms with E-state index in [0.717, 1.165) is 16.3 Å². The first-order valence-corrected chi connectivity index (χ1v) is 8.14. The van der Waals surface area contributed by atoms with E-state index in [-0.39, 0.29) is 29.7 Å². The van der Waals surface area contributed by atoms with Crippen molar-refractivity contribution in [2.24, 2.45) is 0 Å². The van der Waals surface area contributed by atoms with E-state index in [0.29, 0.717) is 0 Å². The molecule has 0 saturated carbocycles. The molecule has 0 fully saturated rings. The molecule has 3 rings (SSSR count). The first-order valence-electron chi connectivity index (χ1n) is 8.14. The molecule has 1 atom stereocenters. The van der Waals surface area contributed by atoms with Crippen LogP contribution >= 0.6 is 0 Å². The SMILES string of the molecule is C[C@@H](NC(=O)COc1cccccc1=O)c1ccc2ccccc2c1. The van der Waals surface area contributed by atoms with E-state index in [1.807, 2.05) is 37.3 Å². The molecule has 0 aromatic heterocycles. The van der Waals surface area contributed by atoms with Crippen molar-refractivity contribution in [3.63, 3.8) is 0 Å². The van der Waals surface area contributed by atoms with Crippen molar-refractivity contribution in [2.45, 2.75) is 13.0 Å². The summed E-state index contributed by atoms with van der Waals surface area (Å²) in [6.45, 7) is 1.72. The summed E-state index contributed by atoms with van der Waals surface area (Å²) in [5.41, 5.74) is 0.767. The van der Waals surface area contributed by atoms with Gasteiger partial charge in [0.15, 0.2) is 12.4 Å². The maximum absolute atomic E-state index is 12.1. The van der Waals surface area contributed by atoms with Crippen molar-refractivity contribution >= 4 is 16.7 Å². The zero-order valence-electron chi connectivity index (χ0n) is 13.9. The maximum atomic E-state index is 12.1. The average molecular weight is 333 g/mol. The fourth-order valence-corrected chi connectivity index (χ4v) is 2.62. The lowest BCUT2D eigenvalue weighted by atomic mass is 10.0. The van der Waals surface area contributed by atoms with Crippen LogP contribution in [0, 0.1) is 0 Å². The number of hydrogen-bond donors (Lipinski definition) is 1. The number of benzene rings is 2. The van der Waals surface area contributed by atoms with Gasteiger partial charge in [-0.05, 0) is 41.5 Å². The number of fused-ring (bicyclic) bond motifs is 1. The molecular formula is C21H19NO3. The summed E-state index contributed by atoms with van der Waals surface area (Å²) in [6.07, 6.45) is 0. The van der Waals surface area contributed by atoms with Gasteiger partial charge in [0, 0.05) is 0 Å². The van der Waals surface area contributed by atoms with Crippen LogP contribution in [0.25, 0.3) is 10.8 Å². The van der Waals surface area contributed by atoms with E-state index in [9.17, 15) is 9.59 Å². The van der Waals surface area contributed by atoms with Crippen LogP contribution in [0.1, 0.15) is 18.5 Å². The van der Waals surface area contributed by atoms with Gasteiger partial charge in [-0.25, -0.2) is 0 Å². The predicted octanol–water partition coefficient (Wildman–Crippen LogP) is 3.46. The van der Waals surface area contributed by atoms with Crippen LogP contribution in [0.2, 0.25) is 0 Å². The van der Waals surface area contributed by atoms with E-state index in [1.54, 1.807) is 24.3 Å². The molecule has 0 bridgehead atoms. The summed E-state index contributed by atoms with van der Waals surface area (Å²) < 4.78 is 5.34. The summed E-state index contributed by atoms with van der Waals surface area (Å²) in [7, 11) is 0. The smallest absolute Gasteiger partial charge is 0.258 e. The summed E-state index contributed by atoms with van der Waals surface area (Å²) in [5, 5.41) is 5.18. The van der Waals surface area contributed by atoms with Gasteiger partial charge < -0.3 is 10.1 Å². The van der Waals surface area contributed by atoms with Gasteiger partial charge in [0.1, 0.15) is 0 Å². The molecule has 0 unspecified atom stereocenters. The summed E-state index contributed by atoms with van der Waals surface area (Å²) in [4.78, 5) is 23.9. The largest absolute Gasteiger partial charge is 0.480 e. The van der Waals surface area contributed by atoms with Crippen molar-refractivity contribution in [3.05, 3.63) is 88.6 Å². The highest BCUT2D eigenvalue weighted by molar-refractivity contribution is 5.83. The number of carbonyl (C=O) groups excluding carboxylic acids is 1. The monoisotopic (exact) mass is 333 g/mol. The van der Waals surface area contributed by atoms with E-state index in [2.05, 4.69) is 17.4 Å². The molecular weight excluding hydrogens is 314 g/mol. The van der Waals surface area contributed by atoms with Crippen LogP contribution in [0.15, 0.2) is 77.6 Å². The molecule has 0 radical (unpaired) electrons. The minimum absolute atomic E-state index is 0.153. The normalized spacial score (nSPS) is 11.7. The van der Waals surface area contributed by atoms with E-state index in [4.69, 9.17) is 4.74 Å². The summed E-state index contributed by atoms with van der Waals surface area (Å²) >= 11 is 0. The lowest BCUT2D eigenvalue weighted by Crippen LogP contribution is -2.31. The molecule has 3 aromatic rings. The third-order valence-corrected chi connectivity index (χ3v) is 3.97. The van der Waals surface area contributed by atoms with Crippen LogP contribution in [0.4, 0.5) is 0 Å². The third kappa shape index (κ3) is 4.23. The highest BCUT2D eigenvalue weighted by atomic mass is 16.5. The van der Waals surface area contributed by atoms with Gasteiger partial charge in [-0.1, -0.05) is 54.6 Å². The second-order valence-corrected chi connectivity index (χ2v) is 5.82. The molecule has 1 N–H and O–H groups in total. The number of rotatable bonds is 5. The number of nitrogens with one attached hydrogen (secondary N) is 1. The van der Waals surface area contributed by atoms with E-state index in [1.165, 1.54) is 6.07 Å². The Morgan fingerprint density at radius 3 is 2.52 bits per heavy atom. The zero-order valence-corrected chi connectivity index (χ0v) is 13.9. The first kappa shape index (κ1) is 16.7. The van der Waals surface area contributed by atoms with Crippen molar-refractivity contribution < 1.29 is 9.53 Å². The van der Waals surface area contributed by atoms with Crippen molar-refractivity contribution in [1.82, 2.24) is 5.32 Å². The second kappa shape index (κ2) is 7.62. The zero-order chi connectivity index (χ0) is 17.6. The van der Waals surface area contributed by atoms with Gasteiger partial charge in [-0.15, -0.1) is 0 Å². The minimum atomic E-state index is -0.272. The Kier molecular flexibility index (Phi) is 5.09. The van der Waals surface area contributed by atoms with Gasteiger partial charge in [0.2, 0.25) is 5.43 Å². The lowest BCUT2D eigenvalue weighted by Gasteiger charge is -2.15. The highest BCUT2D eigenvalue weighted by Gasteiger charge is 2.11. The lowest BCUT2D eigenvalue weighted by molar-refractivity contribution is -0.123. The topological polar surface area (TPSA) is 55.4 Å². The third-order valence-electron chi connectivity index (χ3n) is 3.97. The molecule has 0 spiro atoms. The van der Waals surface area contributed by atoms with Crippen LogP contribution in [0.5, 0.6) is 5.75 Å². The van der Waals surface area contributed by atoms with Crippen molar-refractivity contribution in [3.8, 4) is 5.75 Å². The Balaban J connectivity index is 1.63. The first-order chi connectivity index (χ1) is 12.1. The van der Waals surface area contributed by atoms with Crippen molar-refractivity contribution in [1.29, 1.82) is 0 Å². The van der Waals surface area contributed by atoms with Crippen LogP contribution in [-0.4, -0.2) is 12.5 Å². The Labute approximate surface area is 146 Å². The molecule has 4 nitrogen and oxygen atoms in total. The fraction of sp³-hybridized carbons (Fsp3) is 0.143. The second-order valence-electron chi connectivity index (χ2n) is 5.82. The van der Waals surface area contributed by atoms with Crippen LogP contribution in [-0.2, 0) is 4.79 Å². The molecule has 3 aromatic carbocycles. The van der Waals surface area contributed by atoms with Crippen LogP contribution < -0.4 is 15.5 Å². The van der Waals surface area contributed by atoms with E-state index >= 15 is 0 Å². The Hall–Kier alpha value is -3.14. The fourth-order valence-electron chi connectivity index (χ4n) is 2.62. The average Bonchev–Trinajstić information content (AvgIpc) is 2.83. The minimum Gasteiger partial charge on any atom is -0.480 e. The van der Waals surface area contributed by atoms with Crippen molar-refractivity contribution in [2.75, 3.05) is 6.61 Å².